The first-order chi connectivity index (χ1) is 17.2. The number of hydrogen-bond acceptors (Lipinski definition) is 5. The van der Waals surface area contributed by atoms with Crippen LogP contribution < -0.4 is 20.3 Å². The average molecular weight is 469 g/mol. The Bertz CT molecular complexity index is 1310. The van der Waals surface area contributed by atoms with Crippen LogP contribution in [0.15, 0.2) is 96.6 Å². The highest BCUT2D eigenvalue weighted by molar-refractivity contribution is 5.93. The zero-order chi connectivity index (χ0) is 24.5. The van der Waals surface area contributed by atoms with Crippen LogP contribution in [-0.4, -0.2) is 31.4 Å². The third-order valence-corrected chi connectivity index (χ3v) is 5.66. The summed E-state index contributed by atoms with van der Waals surface area (Å²) in [6, 6.07) is 29.1. The maximum atomic E-state index is 11.6. The van der Waals surface area contributed by atoms with E-state index < -0.39 is 5.91 Å². The van der Waals surface area contributed by atoms with Crippen molar-refractivity contribution in [3.05, 3.63) is 108 Å². The topological polar surface area (TPSA) is 79.8 Å². The highest BCUT2D eigenvalue weighted by Gasteiger charge is 2.06. The Hall–Kier alpha value is -4.29. The third kappa shape index (κ3) is 6.40. The Morgan fingerprint density at radius 1 is 0.943 bits per heavy atom. The van der Waals surface area contributed by atoms with Crippen LogP contribution in [0.2, 0.25) is 0 Å². The monoisotopic (exact) mass is 468 g/mol. The molecule has 0 heterocycles. The first-order valence-corrected chi connectivity index (χ1v) is 11.4. The van der Waals surface area contributed by atoms with Gasteiger partial charge in [0.2, 0.25) is 0 Å². The van der Waals surface area contributed by atoms with Gasteiger partial charge < -0.3 is 14.8 Å². The summed E-state index contributed by atoms with van der Waals surface area (Å²) in [6.45, 7) is 1.13. The molecule has 0 aliphatic heterocycles. The van der Waals surface area contributed by atoms with Crippen molar-refractivity contribution < 1.29 is 19.5 Å². The lowest BCUT2D eigenvalue weighted by Crippen LogP contribution is -2.18. The molecule has 0 aromatic heterocycles. The van der Waals surface area contributed by atoms with Crippen molar-refractivity contribution in [3.8, 4) is 11.5 Å². The fourth-order valence-corrected chi connectivity index (χ4v) is 3.80. The van der Waals surface area contributed by atoms with Crippen LogP contribution in [-0.2, 0) is 0 Å². The van der Waals surface area contributed by atoms with Gasteiger partial charge in [-0.3, -0.25) is 10.0 Å². The first kappa shape index (κ1) is 23.9. The van der Waals surface area contributed by atoms with Gasteiger partial charge in [0.25, 0.3) is 5.91 Å². The van der Waals surface area contributed by atoms with E-state index in [9.17, 15) is 4.79 Å². The van der Waals surface area contributed by atoms with Gasteiger partial charge in [-0.05, 0) is 46.9 Å². The minimum absolute atomic E-state index is 0.389. The maximum Gasteiger partial charge on any atom is 0.274 e. The van der Waals surface area contributed by atoms with E-state index in [1.807, 2.05) is 60.7 Å². The van der Waals surface area contributed by atoms with E-state index in [2.05, 4.69) is 29.6 Å². The summed E-state index contributed by atoms with van der Waals surface area (Å²) < 4.78 is 11.5. The minimum Gasteiger partial charge on any atom is -0.497 e. The predicted molar refractivity (Wildman–Crippen MR) is 139 cm³/mol. The van der Waals surface area contributed by atoms with Gasteiger partial charge in [-0.25, -0.2) is 5.48 Å². The van der Waals surface area contributed by atoms with Gasteiger partial charge in [-0.2, -0.15) is 0 Å². The van der Waals surface area contributed by atoms with E-state index in [4.69, 9.17) is 14.7 Å². The lowest BCUT2D eigenvalue weighted by atomic mass is 10.1. The summed E-state index contributed by atoms with van der Waals surface area (Å²) in [4.78, 5) is 11.6. The van der Waals surface area contributed by atoms with Gasteiger partial charge in [-0.1, -0.05) is 60.7 Å². The van der Waals surface area contributed by atoms with Gasteiger partial charge in [0.1, 0.15) is 11.5 Å². The molecule has 0 aliphatic carbocycles. The van der Waals surface area contributed by atoms with Crippen molar-refractivity contribution in [2.75, 3.05) is 25.6 Å². The molecule has 1 amide bonds. The summed E-state index contributed by atoms with van der Waals surface area (Å²) >= 11 is 0. The third-order valence-electron chi connectivity index (χ3n) is 5.66. The Morgan fingerprint density at radius 3 is 2.51 bits per heavy atom. The fourth-order valence-electron chi connectivity index (χ4n) is 3.80. The molecule has 3 N–H and O–H groups in total. The summed E-state index contributed by atoms with van der Waals surface area (Å²) in [5.41, 5.74) is 5.08. The van der Waals surface area contributed by atoms with E-state index in [1.165, 1.54) is 0 Å². The number of benzene rings is 4. The van der Waals surface area contributed by atoms with Crippen LogP contribution in [0.4, 0.5) is 5.69 Å². The van der Waals surface area contributed by atoms with Crippen molar-refractivity contribution in [2.24, 2.45) is 0 Å². The van der Waals surface area contributed by atoms with Crippen LogP contribution in [0.25, 0.3) is 16.8 Å². The minimum atomic E-state index is -0.538. The van der Waals surface area contributed by atoms with E-state index in [-0.39, 0.29) is 0 Å². The lowest BCUT2D eigenvalue weighted by molar-refractivity contribution is 0.0706. The predicted octanol–water partition coefficient (Wildman–Crippen LogP) is 5.93. The van der Waals surface area contributed by atoms with E-state index in [1.54, 1.807) is 24.7 Å². The van der Waals surface area contributed by atoms with Gasteiger partial charge >= 0.3 is 0 Å². The molecule has 0 saturated carbocycles. The van der Waals surface area contributed by atoms with Gasteiger partial charge in [0.05, 0.1) is 13.7 Å². The number of amides is 1. The molecule has 35 heavy (non-hydrogen) atoms. The van der Waals surface area contributed by atoms with E-state index in [0.717, 1.165) is 39.1 Å². The number of carbonyl (C=O) groups excluding carboxylic acids is 1. The van der Waals surface area contributed by atoms with Crippen LogP contribution in [0, 0.1) is 0 Å². The van der Waals surface area contributed by atoms with Gasteiger partial charge in [0, 0.05) is 35.7 Å². The molecular weight excluding hydrogens is 440 g/mol. The number of fused-ring (bicyclic) bond motifs is 1. The van der Waals surface area contributed by atoms with E-state index >= 15 is 0 Å². The van der Waals surface area contributed by atoms with Crippen molar-refractivity contribution in [1.29, 1.82) is 0 Å². The molecule has 0 spiro atoms. The first-order valence-electron chi connectivity index (χ1n) is 11.4. The number of anilines is 1. The molecule has 6 heteroatoms. The Morgan fingerprint density at radius 2 is 1.71 bits per heavy atom. The molecule has 0 unspecified atom stereocenters. The normalized spacial score (nSPS) is 11.2. The largest absolute Gasteiger partial charge is 0.497 e. The Balaban J connectivity index is 1.49. The van der Waals surface area contributed by atoms with Crippen LogP contribution in [0.5, 0.6) is 11.5 Å². The standard InChI is InChI=1S/C29H28N2O4/c1-34-26-9-5-8-25(19-26)30-20-22(18-21-12-14-24(15-13-21)29(32)31-33)16-17-35-28-11-4-7-23-6-2-3-10-27(23)28/h2-15,18-19,30,33H,16-17,20H2,1H3,(H,31,32). The molecular formula is C29H28N2O4. The summed E-state index contributed by atoms with van der Waals surface area (Å²) in [5, 5.41) is 14.5. The Labute approximate surface area is 204 Å². The van der Waals surface area contributed by atoms with Crippen molar-refractivity contribution in [1.82, 2.24) is 5.48 Å². The van der Waals surface area contributed by atoms with Crippen LogP contribution in [0.1, 0.15) is 22.3 Å². The molecule has 0 fully saturated rings. The maximum absolute atomic E-state index is 11.6. The SMILES string of the molecule is COc1cccc(NCC(=Cc2ccc(C(=O)NO)cc2)CCOc2cccc3ccccc23)c1. The molecule has 0 atom stereocenters. The van der Waals surface area contributed by atoms with Crippen molar-refractivity contribution in [2.45, 2.75) is 6.42 Å². The van der Waals surface area contributed by atoms with Gasteiger partial charge in [0.15, 0.2) is 0 Å². The van der Waals surface area contributed by atoms with Gasteiger partial charge in [-0.15, -0.1) is 0 Å². The highest BCUT2D eigenvalue weighted by Crippen LogP contribution is 2.26. The summed E-state index contributed by atoms with van der Waals surface area (Å²) in [7, 11) is 1.65. The zero-order valence-corrected chi connectivity index (χ0v) is 19.5. The summed E-state index contributed by atoms with van der Waals surface area (Å²) in [5.74, 6) is 1.11. The molecule has 0 saturated heterocycles. The molecule has 6 nitrogen and oxygen atoms in total. The molecule has 4 aromatic carbocycles. The molecule has 0 aliphatic rings. The lowest BCUT2D eigenvalue weighted by Gasteiger charge is -2.14. The van der Waals surface area contributed by atoms with Crippen molar-refractivity contribution in [3.63, 3.8) is 0 Å². The second-order valence-electron chi connectivity index (χ2n) is 8.03. The highest BCUT2D eigenvalue weighted by atomic mass is 16.5. The zero-order valence-electron chi connectivity index (χ0n) is 19.5. The van der Waals surface area contributed by atoms with Crippen LogP contribution >= 0.6 is 0 Å². The number of methoxy groups -OCH3 is 1. The number of ether oxygens (including phenoxy) is 2. The molecule has 4 aromatic rings. The van der Waals surface area contributed by atoms with E-state index in [0.29, 0.717) is 25.1 Å². The number of nitrogens with one attached hydrogen (secondary N) is 2. The summed E-state index contributed by atoms with van der Waals surface area (Å²) in [6.07, 6.45) is 2.79. The molecule has 0 radical (unpaired) electrons. The smallest absolute Gasteiger partial charge is 0.274 e. The number of carbonyl (C=O) groups is 1. The second-order valence-corrected chi connectivity index (χ2v) is 8.03. The van der Waals surface area contributed by atoms with Crippen LogP contribution in [0.3, 0.4) is 0 Å². The fraction of sp³-hybridized carbons (Fsp3) is 0.138. The second kappa shape index (κ2) is 11.7. The number of rotatable bonds is 10. The number of hydrogen-bond donors (Lipinski definition) is 3. The number of hydroxylamine groups is 1. The molecule has 0 bridgehead atoms. The Kier molecular flexibility index (Phi) is 7.99. The molecule has 4 rings (SSSR count). The molecule has 178 valence electrons. The quantitative estimate of drug-likeness (QED) is 0.199. The average Bonchev–Trinajstić information content (AvgIpc) is 2.91. The van der Waals surface area contributed by atoms with Crippen molar-refractivity contribution >= 4 is 28.4 Å².